The molecule has 1 atom stereocenters. The molecule has 2 heterocycles. The lowest BCUT2D eigenvalue weighted by atomic mass is 10.1. The third kappa shape index (κ3) is 1.92. The molecule has 94 valence electrons. The number of hydrogen-bond donors (Lipinski definition) is 0. The number of carbonyl (C=O) groups is 1. The number of alkyl halides is 1. The van der Waals surface area contributed by atoms with Crippen LogP contribution in [0.3, 0.4) is 0 Å². The summed E-state index contributed by atoms with van der Waals surface area (Å²) in [5.74, 6) is 0.0450. The Morgan fingerprint density at radius 1 is 1.44 bits per heavy atom. The molecule has 0 spiro atoms. The zero-order valence-corrected chi connectivity index (χ0v) is 12.4. The summed E-state index contributed by atoms with van der Waals surface area (Å²) in [6, 6.07) is 3.59. The molecule has 1 saturated heterocycles. The Hall–Kier alpha value is -0.720. The normalized spacial score (nSPS) is 20.7. The number of amides is 1. The van der Waals surface area contributed by atoms with Crippen molar-refractivity contribution in [3.63, 3.8) is 0 Å². The van der Waals surface area contributed by atoms with Crippen LogP contribution in [-0.4, -0.2) is 26.0 Å². The molecular weight excluding hydrogens is 338 g/mol. The first-order chi connectivity index (χ1) is 8.68. The van der Waals surface area contributed by atoms with Crippen LogP contribution in [0.5, 0.6) is 0 Å². The predicted octanol–water partition coefficient (Wildman–Crippen LogP) is 3.24. The van der Waals surface area contributed by atoms with E-state index in [2.05, 4.69) is 24.7 Å². The van der Waals surface area contributed by atoms with E-state index in [1.165, 1.54) is 0 Å². The molecule has 1 aliphatic heterocycles. The Morgan fingerprint density at radius 2 is 2.28 bits per heavy atom. The monoisotopic (exact) mass is 345 g/mol. The third-order valence-corrected chi connectivity index (χ3v) is 4.69. The highest BCUT2D eigenvalue weighted by Gasteiger charge is 2.30. The quantitative estimate of drug-likeness (QED) is 0.745. The van der Waals surface area contributed by atoms with Crippen LogP contribution in [0.15, 0.2) is 12.1 Å². The average molecular weight is 347 g/mol. The number of benzene rings is 1. The number of piperidine rings is 1. The first kappa shape index (κ1) is 12.3. The van der Waals surface area contributed by atoms with E-state index < -0.39 is 0 Å². The van der Waals surface area contributed by atoms with Gasteiger partial charge in [0, 0.05) is 6.54 Å². The van der Waals surface area contributed by atoms with Crippen LogP contribution in [-0.2, 0) is 4.79 Å². The summed E-state index contributed by atoms with van der Waals surface area (Å²) < 4.78 is 8.43. The molecule has 0 saturated carbocycles. The van der Waals surface area contributed by atoms with Gasteiger partial charge in [-0.3, -0.25) is 4.79 Å². The molecule has 1 aromatic carbocycles. The van der Waals surface area contributed by atoms with Crippen molar-refractivity contribution in [2.45, 2.75) is 17.7 Å². The molecule has 1 aromatic heterocycles. The van der Waals surface area contributed by atoms with Gasteiger partial charge >= 0.3 is 0 Å². The van der Waals surface area contributed by atoms with Gasteiger partial charge in [0.2, 0.25) is 5.91 Å². The van der Waals surface area contributed by atoms with E-state index in [1.54, 1.807) is 11.0 Å². The smallest absolute Gasteiger partial charge is 0.240 e. The first-order valence-electron chi connectivity index (χ1n) is 5.54. The van der Waals surface area contributed by atoms with E-state index in [-0.39, 0.29) is 10.7 Å². The van der Waals surface area contributed by atoms with Crippen LogP contribution in [0.2, 0.25) is 5.02 Å². The molecule has 1 amide bonds. The van der Waals surface area contributed by atoms with Crippen molar-refractivity contribution in [1.29, 1.82) is 0 Å². The predicted molar refractivity (Wildman–Crippen MR) is 76.7 cm³/mol. The average Bonchev–Trinajstić information content (AvgIpc) is 2.82. The SMILES string of the molecule is O=C1C(Br)CCCN1c1c(Cl)ccc2nsnc12. The lowest BCUT2D eigenvalue weighted by Crippen LogP contribution is -2.42. The molecule has 18 heavy (non-hydrogen) atoms. The Morgan fingerprint density at radius 3 is 3.11 bits per heavy atom. The maximum Gasteiger partial charge on any atom is 0.240 e. The van der Waals surface area contributed by atoms with Crippen molar-refractivity contribution in [3.8, 4) is 0 Å². The molecule has 1 unspecified atom stereocenters. The fourth-order valence-electron chi connectivity index (χ4n) is 2.12. The number of carbonyl (C=O) groups excluding carboxylic acids is 1. The molecule has 7 heteroatoms. The maximum absolute atomic E-state index is 12.2. The van der Waals surface area contributed by atoms with Gasteiger partial charge in [-0.05, 0) is 25.0 Å². The molecule has 2 aromatic rings. The Kier molecular flexibility index (Phi) is 3.25. The van der Waals surface area contributed by atoms with Gasteiger partial charge in [-0.1, -0.05) is 27.5 Å². The zero-order valence-electron chi connectivity index (χ0n) is 9.27. The Bertz CT molecular complexity index is 617. The second-order valence-electron chi connectivity index (χ2n) is 4.13. The maximum atomic E-state index is 12.2. The van der Waals surface area contributed by atoms with E-state index in [9.17, 15) is 4.79 Å². The number of rotatable bonds is 1. The van der Waals surface area contributed by atoms with Crippen molar-refractivity contribution in [2.75, 3.05) is 11.4 Å². The third-order valence-electron chi connectivity index (χ3n) is 3.00. The fraction of sp³-hybridized carbons (Fsp3) is 0.364. The topological polar surface area (TPSA) is 46.1 Å². The molecular formula is C11H9BrClN3OS. The Balaban J connectivity index is 2.15. The number of aromatic nitrogens is 2. The molecule has 0 bridgehead atoms. The van der Waals surface area contributed by atoms with Crippen LogP contribution < -0.4 is 4.90 Å². The van der Waals surface area contributed by atoms with E-state index in [4.69, 9.17) is 11.6 Å². The largest absolute Gasteiger partial charge is 0.308 e. The van der Waals surface area contributed by atoms with Gasteiger partial charge < -0.3 is 4.90 Å². The number of fused-ring (bicyclic) bond motifs is 1. The van der Waals surface area contributed by atoms with Gasteiger partial charge in [-0.2, -0.15) is 8.75 Å². The van der Waals surface area contributed by atoms with Gasteiger partial charge in [0.1, 0.15) is 11.0 Å². The minimum atomic E-state index is -0.135. The first-order valence-corrected chi connectivity index (χ1v) is 7.57. The lowest BCUT2D eigenvalue weighted by molar-refractivity contribution is -0.118. The Labute approximate surface area is 121 Å². The van der Waals surface area contributed by atoms with Crippen molar-refractivity contribution < 1.29 is 4.79 Å². The number of halogens is 2. The van der Waals surface area contributed by atoms with Crippen LogP contribution in [0, 0.1) is 0 Å². The molecule has 1 aliphatic rings. The van der Waals surface area contributed by atoms with Gasteiger partial charge in [0.25, 0.3) is 0 Å². The fourth-order valence-corrected chi connectivity index (χ4v) is 3.49. The second kappa shape index (κ2) is 4.75. The molecule has 0 N–H and O–H groups in total. The highest BCUT2D eigenvalue weighted by atomic mass is 79.9. The van der Waals surface area contributed by atoms with Crippen LogP contribution in [0.25, 0.3) is 11.0 Å². The van der Waals surface area contributed by atoms with Crippen LogP contribution >= 0.6 is 39.3 Å². The second-order valence-corrected chi connectivity index (χ2v) is 6.17. The van der Waals surface area contributed by atoms with Crippen LogP contribution in [0.1, 0.15) is 12.8 Å². The van der Waals surface area contributed by atoms with E-state index in [0.29, 0.717) is 22.8 Å². The summed E-state index contributed by atoms with van der Waals surface area (Å²) in [5, 5.41) is 0.546. The highest BCUT2D eigenvalue weighted by molar-refractivity contribution is 9.10. The standard InChI is InChI=1S/C11H9BrClN3OS/c12-6-2-1-5-16(11(6)17)10-7(13)3-4-8-9(10)15-18-14-8/h3-4,6H,1-2,5H2. The number of hydrogen-bond acceptors (Lipinski definition) is 4. The minimum Gasteiger partial charge on any atom is -0.308 e. The summed E-state index contributed by atoms with van der Waals surface area (Å²) in [7, 11) is 0. The molecule has 1 fully saturated rings. The molecule has 4 nitrogen and oxygen atoms in total. The van der Waals surface area contributed by atoms with E-state index in [0.717, 1.165) is 30.1 Å². The highest BCUT2D eigenvalue weighted by Crippen LogP contribution is 2.36. The zero-order chi connectivity index (χ0) is 12.7. The summed E-state index contributed by atoms with van der Waals surface area (Å²) in [4.78, 5) is 13.8. The van der Waals surface area contributed by atoms with E-state index in [1.807, 2.05) is 6.07 Å². The van der Waals surface area contributed by atoms with Gasteiger partial charge in [0.05, 0.1) is 27.3 Å². The van der Waals surface area contributed by atoms with Gasteiger partial charge in [-0.15, -0.1) is 0 Å². The van der Waals surface area contributed by atoms with Gasteiger partial charge in [0.15, 0.2) is 0 Å². The van der Waals surface area contributed by atoms with Crippen molar-refractivity contribution in [1.82, 2.24) is 8.75 Å². The van der Waals surface area contributed by atoms with Crippen molar-refractivity contribution in [2.24, 2.45) is 0 Å². The van der Waals surface area contributed by atoms with Crippen LogP contribution in [0.4, 0.5) is 5.69 Å². The van der Waals surface area contributed by atoms with Gasteiger partial charge in [-0.25, -0.2) is 0 Å². The number of anilines is 1. The van der Waals surface area contributed by atoms with Crippen molar-refractivity contribution >= 4 is 61.9 Å². The van der Waals surface area contributed by atoms with E-state index >= 15 is 0 Å². The lowest BCUT2D eigenvalue weighted by Gasteiger charge is -2.30. The molecule has 0 aliphatic carbocycles. The van der Waals surface area contributed by atoms with Crippen molar-refractivity contribution in [3.05, 3.63) is 17.2 Å². The summed E-state index contributed by atoms with van der Waals surface area (Å²) >= 11 is 10.8. The molecule has 3 rings (SSSR count). The summed E-state index contributed by atoms with van der Waals surface area (Å²) in [5.41, 5.74) is 2.18. The minimum absolute atomic E-state index is 0.0450. The molecule has 0 radical (unpaired) electrons. The summed E-state index contributed by atoms with van der Waals surface area (Å²) in [6.07, 6.45) is 1.81. The number of nitrogens with zero attached hydrogens (tertiary/aromatic N) is 3. The summed E-state index contributed by atoms with van der Waals surface area (Å²) in [6.45, 7) is 0.678.